The number of nitriles is 1. The Balaban J connectivity index is 1.96. The second-order valence-corrected chi connectivity index (χ2v) is 8.05. The Morgan fingerprint density at radius 2 is 1.81 bits per heavy atom. The first-order chi connectivity index (χ1) is 9.90. The molecule has 0 unspecified atom stereocenters. The highest BCUT2D eigenvalue weighted by molar-refractivity contribution is 5.09. The molecule has 2 saturated heterocycles. The topological polar surface area (TPSA) is 36.3 Å². The standard InChI is InChI=1S/C18H32N2O/c1-15(2)16-5-9-20(10-6-16)14-17(3,4)18(13-19)7-11-21-12-8-18/h15-16H,5-12,14H2,1-4H3. The minimum atomic E-state index is -0.208. The number of piperidine rings is 1. The third kappa shape index (κ3) is 3.60. The van der Waals surface area contributed by atoms with Gasteiger partial charge in [-0.3, -0.25) is 0 Å². The highest BCUT2D eigenvalue weighted by Gasteiger charge is 2.47. The summed E-state index contributed by atoms with van der Waals surface area (Å²) < 4.78 is 5.49. The fourth-order valence-electron chi connectivity index (χ4n) is 4.15. The molecule has 0 aliphatic carbocycles. The molecule has 0 radical (unpaired) electrons. The SMILES string of the molecule is CC(C)C1CCN(CC(C)(C)C2(C#N)CCOCC2)CC1. The van der Waals surface area contributed by atoms with Gasteiger partial charge in [0.25, 0.3) is 0 Å². The minimum absolute atomic E-state index is 0.0379. The lowest BCUT2D eigenvalue weighted by Crippen LogP contribution is -2.49. The second-order valence-electron chi connectivity index (χ2n) is 8.05. The molecule has 120 valence electrons. The summed E-state index contributed by atoms with van der Waals surface area (Å²) in [7, 11) is 0. The van der Waals surface area contributed by atoms with Crippen molar-refractivity contribution in [3.63, 3.8) is 0 Å². The highest BCUT2D eigenvalue weighted by atomic mass is 16.5. The van der Waals surface area contributed by atoms with E-state index in [1.165, 1.54) is 25.9 Å². The molecule has 2 aliphatic heterocycles. The van der Waals surface area contributed by atoms with Crippen LogP contribution in [0.3, 0.4) is 0 Å². The van der Waals surface area contributed by atoms with E-state index in [9.17, 15) is 5.26 Å². The molecule has 3 nitrogen and oxygen atoms in total. The van der Waals surface area contributed by atoms with Crippen LogP contribution in [-0.4, -0.2) is 37.7 Å². The first-order valence-corrected chi connectivity index (χ1v) is 8.61. The van der Waals surface area contributed by atoms with Gasteiger partial charge >= 0.3 is 0 Å². The van der Waals surface area contributed by atoms with Crippen molar-refractivity contribution in [2.75, 3.05) is 32.8 Å². The average Bonchev–Trinajstić information content (AvgIpc) is 2.48. The van der Waals surface area contributed by atoms with Gasteiger partial charge in [-0.1, -0.05) is 27.7 Å². The third-order valence-electron chi connectivity index (χ3n) is 6.05. The zero-order valence-electron chi connectivity index (χ0n) is 14.3. The zero-order valence-corrected chi connectivity index (χ0v) is 14.3. The minimum Gasteiger partial charge on any atom is -0.381 e. The summed E-state index contributed by atoms with van der Waals surface area (Å²) in [4.78, 5) is 2.59. The van der Waals surface area contributed by atoms with Gasteiger partial charge in [-0.15, -0.1) is 0 Å². The molecular weight excluding hydrogens is 260 g/mol. The Morgan fingerprint density at radius 3 is 2.29 bits per heavy atom. The molecule has 0 N–H and O–H groups in total. The van der Waals surface area contributed by atoms with E-state index in [2.05, 4.69) is 38.7 Å². The number of hydrogen-bond acceptors (Lipinski definition) is 3. The molecule has 2 fully saturated rings. The van der Waals surface area contributed by atoms with Gasteiger partial charge in [0.15, 0.2) is 0 Å². The molecule has 0 spiro atoms. The van der Waals surface area contributed by atoms with E-state index in [0.29, 0.717) is 0 Å². The molecule has 0 amide bonds. The fraction of sp³-hybridized carbons (Fsp3) is 0.944. The van der Waals surface area contributed by atoms with E-state index in [-0.39, 0.29) is 10.8 Å². The van der Waals surface area contributed by atoms with Gasteiger partial charge in [0.2, 0.25) is 0 Å². The smallest absolute Gasteiger partial charge is 0.0697 e. The molecule has 21 heavy (non-hydrogen) atoms. The third-order valence-corrected chi connectivity index (χ3v) is 6.05. The summed E-state index contributed by atoms with van der Waals surface area (Å²) in [5.74, 6) is 1.69. The maximum absolute atomic E-state index is 9.80. The van der Waals surface area contributed by atoms with Crippen LogP contribution in [0.25, 0.3) is 0 Å². The van der Waals surface area contributed by atoms with Crippen molar-refractivity contribution in [2.45, 2.75) is 53.4 Å². The first-order valence-electron chi connectivity index (χ1n) is 8.61. The van der Waals surface area contributed by atoms with Gasteiger partial charge in [0.1, 0.15) is 0 Å². The molecule has 0 aromatic rings. The predicted molar refractivity (Wildman–Crippen MR) is 85.9 cm³/mol. The number of nitrogens with zero attached hydrogens (tertiary/aromatic N) is 2. The summed E-state index contributed by atoms with van der Waals surface area (Å²) in [6.07, 6.45) is 4.41. The van der Waals surface area contributed by atoms with E-state index in [1.54, 1.807) is 0 Å². The molecular formula is C18H32N2O. The van der Waals surface area contributed by atoms with Gasteiger partial charge < -0.3 is 9.64 Å². The van der Waals surface area contributed by atoms with E-state index in [0.717, 1.165) is 44.4 Å². The van der Waals surface area contributed by atoms with Crippen molar-refractivity contribution in [2.24, 2.45) is 22.7 Å². The van der Waals surface area contributed by atoms with Crippen molar-refractivity contribution in [1.82, 2.24) is 4.90 Å². The second kappa shape index (κ2) is 6.67. The van der Waals surface area contributed by atoms with E-state index >= 15 is 0 Å². The highest BCUT2D eigenvalue weighted by Crippen LogP contribution is 2.47. The van der Waals surface area contributed by atoms with Crippen molar-refractivity contribution in [3.05, 3.63) is 0 Å². The molecule has 2 heterocycles. The van der Waals surface area contributed by atoms with Crippen LogP contribution in [0.1, 0.15) is 53.4 Å². The van der Waals surface area contributed by atoms with Crippen LogP contribution < -0.4 is 0 Å². The Labute approximate surface area is 130 Å². The lowest BCUT2D eigenvalue weighted by molar-refractivity contribution is -0.0358. The quantitative estimate of drug-likeness (QED) is 0.792. The molecule has 0 saturated carbocycles. The maximum Gasteiger partial charge on any atom is 0.0697 e. The van der Waals surface area contributed by atoms with Crippen molar-refractivity contribution in [1.29, 1.82) is 5.26 Å². The summed E-state index contributed by atoms with van der Waals surface area (Å²) >= 11 is 0. The van der Waals surface area contributed by atoms with Crippen LogP contribution in [0.4, 0.5) is 0 Å². The van der Waals surface area contributed by atoms with Crippen molar-refractivity contribution < 1.29 is 4.74 Å². The molecule has 2 rings (SSSR count). The van der Waals surface area contributed by atoms with Crippen LogP contribution >= 0.6 is 0 Å². The largest absolute Gasteiger partial charge is 0.381 e. The Bertz CT molecular complexity index is 369. The molecule has 0 bridgehead atoms. The fourth-order valence-corrected chi connectivity index (χ4v) is 4.15. The Kier molecular flexibility index (Phi) is 5.33. The summed E-state index contributed by atoms with van der Waals surface area (Å²) in [5, 5.41) is 9.80. The summed E-state index contributed by atoms with van der Waals surface area (Å²) in [6.45, 7) is 14.2. The van der Waals surface area contributed by atoms with Crippen LogP contribution in [0.15, 0.2) is 0 Å². The number of ether oxygens (including phenoxy) is 1. The first kappa shape index (κ1) is 16.8. The van der Waals surface area contributed by atoms with Crippen LogP contribution in [0.2, 0.25) is 0 Å². The molecule has 0 atom stereocenters. The Hall–Kier alpha value is -0.590. The lowest BCUT2D eigenvalue weighted by atomic mass is 9.61. The number of rotatable bonds is 4. The average molecular weight is 292 g/mol. The molecule has 3 heteroatoms. The van der Waals surface area contributed by atoms with Crippen molar-refractivity contribution >= 4 is 0 Å². The van der Waals surface area contributed by atoms with Crippen molar-refractivity contribution in [3.8, 4) is 6.07 Å². The Morgan fingerprint density at radius 1 is 1.24 bits per heavy atom. The van der Waals surface area contributed by atoms with Crippen LogP contribution in [0, 0.1) is 34.0 Å². The number of hydrogen-bond donors (Lipinski definition) is 0. The van der Waals surface area contributed by atoms with Gasteiger partial charge in [-0.2, -0.15) is 5.26 Å². The van der Waals surface area contributed by atoms with Gasteiger partial charge in [0, 0.05) is 19.8 Å². The summed E-state index contributed by atoms with van der Waals surface area (Å²) in [6, 6.07) is 2.67. The van der Waals surface area contributed by atoms with E-state index < -0.39 is 0 Å². The normalized spacial score (nSPS) is 25.0. The predicted octanol–water partition coefficient (Wildman–Crippen LogP) is 3.70. The van der Waals surface area contributed by atoms with E-state index in [4.69, 9.17) is 4.74 Å². The maximum atomic E-state index is 9.80. The van der Waals surface area contributed by atoms with Gasteiger partial charge in [-0.05, 0) is 56.0 Å². The summed E-state index contributed by atoms with van der Waals surface area (Å²) in [5.41, 5.74) is -0.170. The molecule has 0 aromatic carbocycles. The number of likely N-dealkylation sites (tertiary alicyclic amines) is 1. The zero-order chi connectivity index (χ0) is 15.5. The van der Waals surface area contributed by atoms with Crippen LogP contribution in [-0.2, 0) is 4.74 Å². The van der Waals surface area contributed by atoms with Gasteiger partial charge in [0.05, 0.1) is 11.5 Å². The molecule has 2 aliphatic rings. The van der Waals surface area contributed by atoms with E-state index in [1.807, 2.05) is 0 Å². The lowest BCUT2D eigenvalue weighted by Gasteiger charge is -2.47. The van der Waals surface area contributed by atoms with Crippen LogP contribution in [0.5, 0.6) is 0 Å². The monoisotopic (exact) mass is 292 g/mol. The molecule has 0 aromatic heterocycles. The van der Waals surface area contributed by atoms with Gasteiger partial charge in [-0.25, -0.2) is 0 Å².